The van der Waals surface area contributed by atoms with Crippen molar-refractivity contribution < 1.29 is 0 Å². The molecule has 2 heterocycles. The first-order chi connectivity index (χ1) is 12.4. The molecule has 3 aromatic rings. The van der Waals surface area contributed by atoms with E-state index in [1.165, 1.54) is 17.5 Å². The Balaban J connectivity index is 2.11. The molecule has 0 radical (unpaired) electrons. The molecule has 5 N–H and O–H groups in total. The zero-order chi connectivity index (χ0) is 18.8. The molecule has 6 nitrogen and oxygen atoms in total. The van der Waals surface area contributed by atoms with Crippen molar-refractivity contribution in [3.8, 4) is 0 Å². The van der Waals surface area contributed by atoms with Crippen LogP contribution in [0.5, 0.6) is 0 Å². The number of benzene rings is 1. The van der Waals surface area contributed by atoms with Gasteiger partial charge < -0.3 is 21.4 Å². The largest absolute Gasteiger partial charge is 0.398 e. The molecular weight excluding hydrogens is 324 g/mol. The molecule has 0 unspecified atom stereocenters. The van der Waals surface area contributed by atoms with Gasteiger partial charge in [0.2, 0.25) is 0 Å². The number of hydrogen-bond donors (Lipinski definition) is 4. The molecule has 0 fully saturated rings. The summed E-state index contributed by atoms with van der Waals surface area (Å²) < 4.78 is 0. The lowest BCUT2D eigenvalue weighted by Crippen LogP contribution is -2.01. The van der Waals surface area contributed by atoms with Gasteiger partial charge in [-0.15, -0.1) is 0 Å². The summed E-state index contributed by atoms with van der Waals surface area (Å²) >= 11 is 0. The summed E-state index contributed by atoms with van der Waals surface area (Å²) in [5.74, 6) is 1.68. The maximum Gasteiger partial charge on any atom is 0.143 e. The van der Waals surface area contributed by atoms with Crippen molar-refractivity contribution >= 4 is 34.4 Å². The van der Waals surface area contributed by atoms with Gasteiger partial charge in [0.05, 0.1) is 5.39 Å². The van der Waals surface area contributed by atoms with Crippen molar-refractivity contribution in [1.82, 2.24) is 15.0 Å². The minimum absolute atomic E-state index is 0.354. The van der Waals surface area contributed by atoms with Gasteiger partial charge in [0.15, 0.2) is 0 Å². The minimum Gasteiger partial charge on any atom is -0.398 e. The van der Waals surface area contributed by atoms with Gasteiger partial charge in [0.1, 0.15) is 17.8 Å². The van der Waals surface area contributed by atoms with Crippen LogP contribution in [0.15, 0.2) is 24.5 Å². The van der Waals surface area contributed by atoms with Crippen molar-refractivity contribution in [2.75, 3.05) is 11.1 Å². The molecule has 3 rings (SSSR count). The lowest BCUT2D eigenvalue weighted by Gasteiger charge is -2.13. The normalized spacial score (nSPS) is 11.5. The number of H-pyrrole nitrogens is 1. The Morgan fingerprint density at radius 2 is 2.00 bits per heavy atom. The van der Waals surface area contributed by atoms with E-state index < -0.39 is 0 Å². The molecule has 0 saturated carbocycles. The molecule has 136 valence electrons. The second-order valence-corrected chi connectivity index (χ2v) is 7.33. The molecule has 6 heteroatoms. The van der Waals surface area contributed by atoms with Crippen molar-refractivity contribution in [3.63, 3.8) is 0 Å². The van der Waals surface area contributed by atoms with Gasteiger partial charge in [-0.2, -0.15) is 0 Å². The number of rotatable bonds is 6. The Morgan fingerprint density at radius 1 is 1.23 bits per heavy atom. The number of aromatic amines is 1. The Labute approximate surface area is 153 Å². The molecule has 0 saturated heterocycles. The van der Waals surface area contributed by atoms with Gasteiger partial charge in [0, 0.05) is 28.8 Å². The number of nitrogen functional groups attached to an aromatic ring is 1. The van der Waals surface area contributed by atoms with Gasteiger partial charge in [0.25, 0.3) is 0 Å². The summed E-state index contributed by atoms with van der Waals surface area (Å²) in [6.07, 6.45) is 3.80. The maximum absolute atomic E-state index is 7.49. The molecule has 0 aliphatic rings. The minimum atomic E-state index is 0.354. The Morgan fingerprint density at radius 3 is 2.65 bits per heavy atom. The second-order valence-electron chi connectivity index (χ2n) is 7.33. The third kappa shape index (κ3) is 3.40. The van der Waals surface area contributed by atoms with Crippen LogP contribution in [0.1, 0.15) is 50.4 Å². The van der Waals surface area contributed by atoms with Crippen LogP contribution in [0.25, 0.3) is 11.0 Å². The topological polar surface area (TPSA) is 103 Å². The molecule has 1 aromatic carbocycles. The van der Waals surface area contributed by atoms with Crippen LogP contribution in [-0.2, 0) is 6.42 Å². The van der Waals surface area contributed by atoms with Crippen LogP contribution in [0.4, 0.5) is 17.2 Å². The molecule has 0 spiro atoms. The highest BCUT2D eigenvalue weighted by atomic mass is 15.0. The van der Waals surface area contributed by atoms with E-state index in [9.17, 15) is 0 Å². The number of aromatic nitrogens is 3. The van der Waals surface area contributed by atoms with Crippen molar-refractivity contribution in [2.24, 2.45) is 5.92 Å². The van der Waals surface area contributed by atoms with Crippen LogP contribution in [0, 0.1) is 11.3 Å². The first-order valence-electron chi connectivity index (χ1n) is 8.93. The number of hydrogen-bond acceptors (Lipinski definition) is 5. The van der Waals surface area contributed by atoms with E-state index >= 15 is 0 Å². The van der Waals surface area contributed by atoms with Crippen molar-refractivity contribution in [2.45, 2.75) is 40.0 Å². The number of nitrogens with one attached hydrogen (secondary N) is 3. The van der Waals surface area contributed by atoms with Gasteiger partial charge in [-0.25, -0.2) is 9.97 Å². The van der Waals surface area contributed by atoms with E-state index in [0.29, 0.717) is 23.1 Å². The summed E-state index contributed by atoms with van der Waals surface area (Å²) in [5.41, 5.74) is 11.3. The summed E-state index contributed by atoms with van der Waals surface area (Å²) in [6, 6.07) is 5.55. The fourth-order valence-electron chi connectivity index (χ4n) is 3.31. The smallest absolute Gasteiger partial charge is 0.143 e. The third-order valence-electron chi connectivity index (χ3n) is 4.41. The summed E-state index contributed by atoms with van der Waals surface area (Å²) in [5, 5.41) is 11.9. The number of nitrogens with zero attached hydrogens (tertiary/aromatic N) is 2. The quantitative estimate of drug-likeness (QED) is 0.385. The van der Waals surface area contributed by atoms with Gasteiger partial charge in [-0.1, -0.05) is 27.7 Å². The molecular formula is C20H26N6. The molecule has 2 aromatic heterocycles. The fourth-order valence-corrected chi connectivity index (χ4v) is 3.31. The summed E-state index contributed by atoms with van der Waals surface area (Å²) in [4.78, 5) is 12.4. The highest BCUT2D eigenvalue weighted by molar-refractivity contribution is 5.94. The van der Waals surface area contributed by atoms with Gasteiger partial charge in [-0.05, 0) is 42.0 Å². The Bertz CT molecular complexity index is 939. The fraction of sp³-hybridized carbons (Fsp3) is 0.350. The lowest BCUT2D eigenvalue weighted by molar-refractivity contribution is 0.630. The summed E-state index contributed by atoms with van der Waals surface area (Å²) in [6.45, 7) is 8.82. The van der Waals surface area contributed by atoms with E-state index in [1.54, 1.807) is 12.4 Å². The average Bonchev–Trinajstić information content (AvgIpc) is 2.94. The Kier molecular flexibility index (Phi) is 4.93. The number of anilines is 3. The molecule has 0 aliphatic carbocycles. The summed E-state index contributed by atoms with van der Waals surface area (Å²) in [7, 11) is 0. The number of fused-ring (bicyclic) bond motifs is 1. The third-order valence-corrected chi connectivity index (χ3v) is 4.41. The van der Waals surface area contributed by atoms with E-state index in [1.807, 2.05) is 12.1 Å². The standard InChI is InChI=1S/C20H26N6/c1-11(2)7-16-17(12(3)4)18-19(23-10-24-20(18)26-16)25-14-5-6-15(22)13(8-14)9-21/h5-6,8-12,21H,7,22H2,1-4H3,(H2,23,24,25,26). The first-order valence-corrected chi connectivity index (χ1v) is 8.93. The first kappa shape index (κ1) is 17.9. The van der Waals surface area contributed by atoms with Gasteiger partial charge >= 0.3 is 0 Å². The second kappa shape index (κ2) is 7.15. The van der Waals surface area contributed by atoms with E-state index in [-0.39, 0.29) is 0 Å². The highest BCUT2D eigenvalue weighted by Crippen LogP contribution is 2.34. The lowest BCUT2D eigenvalue weighted by atomic mass is 9.96. The van der Waals surface area contributed by atoms with Crippen molar-refractivity contribution in [3.05, 3.63) is 41.3 Å². The van der Waals surface area contributed by atoms with Crippen LogP contribution in [0.3, 0.4) is 0 Å². The molecule has 0 amide bonds. The van der Waals surface area contributed by atoms with Crippen molar-refractivity contribution in [1.29, 1.82) is 5.41 Å². The molecule has 0 aliphatic heterocycles. The zero-order valence-electron chi connectivity index (χ0n) is 15.7. The zero-order valence-corrected chi connectivity index (χ0v) is 15.7. The van der Waals surface area contributed by atoms with Crippen LogP contribution in [0.2, 0.25) is 0 Å². The van der Waals surface area contributed by atoms with Gasteiger partial charge in [-0.3, -0.25) is 0 Å². The Hall–Kier alpha value is -2.89. The molecule has 0 atom stereocenters. The maximum atomic E-state index is 7.49. The van der Waals surface area contributed by atoms with E-state index in [4.69, 9.17) is 11.1 Å². The predicted octanol–water partition coefficient (Wildman–Crippen LogP) is 4.60. The molecule has 0 bridgehead atoms. The van der Waals surface area contributed by atoms with E-state index in [2.05, 4.69) is 48.0 Å². The predicted molar refractivity (Wildman–Crippen MR) is 109 cm³/mol. The van der Waals surface area contributed by atoms with Crippen LogP contribution in [-0.4, -0.2) is 21.2 Å². The average molecular weight is 350 g/mol. The number of nitrogens with two attached hydrogens (primary N) is 1. The highest BCUT2D eigenvalue weighted by Gasteiger charge is 2.20. The monoisotopic (exact) mass is 350 g/mol. The SMILES string of the molecule is CC(C)Cc1[nH]c2ncnc(Nc3ccc(N)c(C=N)c3)c2c1C(C)C. The van der Waals surface area contributed by atoms with E-state index in [0.717, 1.165) is 29.0 Å². The van der Waals surface area contributed by atoms with Crippen LogP contribution < -0.4 is 11.1 Å². The van der Waals surface area contributed by atoms with Crippen LogP contribution >= 0.6 is 0 Å². The molecule has 26 heavy (non-hydrogen) atoms.